The maximum atomic E-state index is 12.3. The maximum absolute atomic E-state index is 12.3. The molecular formula is C12H15NO5. The van der Waals surface area contributed by atoms with Crippen LogP contribution in [0.5, 0.6) is 0 Å². The van der Waals surface area contributed by atoms with Crippen LogP contribution in [0, 0.1) is 0 Å². The molecule has 0 unspecified atom stereocenters. The van der Waals surface area contributed by atoms with Crippen molar-refractivity contribution in [2.24, 2.45) is 0 Å². The van der Waals surface area contributed by atoms with Crippen molar-refractivity contribution in [1.82, 2.24) is 4.90 Å². The van der Waals surface area contributed by atoms with Crippen LogP contribution in [0.2, 0.25) is 0 Å². The summed E-state index contributed by atoms with van der Waals surface area (Å²) in [6.07, 6.45) is 1.21. The zero-order valence-corrected chi connectivity index (χ0v) is 10.3. The first-order valence-corrected chi connectivity index (χ1v) is 5.64. The second-order valence-corrected chi connectivity index (χ2v) is 4.79. The number of carboxylic acids is 1. The predicted octanol–water partition coefficient (Wildman–Crippen LogP) is 1.23. The minimum absolute atomic E-state index is 0.109. The third-order valence-corrected chi connectivity index (χ3v) is 2.98. The summed E-state index contributed by atoms with van der Waals surface area (Å²) in [5.41, 5.74) is -0.583. The van der Waals surface area contributed by atoms with Gasteiger partial charge in [-0.15, -0.1) is 0 Å². The molecule has 1 fully saturated rings. The van der Waals surface area contributed by atoms with E-state index in [9.17, 15) is 9.59 Å². The fourth-order valence-electron chi connectivity index (χ4n) is 2.00. The molecule has 98 valence electrons. The molecule has 2 heterocycles. The van der Waals surface area contributed by atoms with Crippen molar-refractivity contribution in [2.45, 2.75) is 19.4 Å². The van der Waals surface area contributed by atoms with Crippen LogP contribution in [0.25, 0.3) is 0 Å². The van der Waals surface area contributed by atoms with Gasteiger partial charge in [0.05, 0.1) is 25.0 Å². The lowest BCUT2D eigenvalue weighted by Gasteiger charge is -2.41. The average Bonchev–Trinajstić information content (AvgIpc) is 2.76. The molecule has 1 saturated heterocycles. The number of amides is 1. The minimum Gasteiger partial charge on any atom is -0.478 e. The van der Waals surface area contributed by atoms with E-state index in [4.69, 9.17) is 14.3 Å². The number of hydrogen-bond donors (Lipinski definition) is 1. The van der Waals surface area contributed by atoms with Crippen LogP contribution in [0.3, 0.4) is 0 Å². The number of nitrogens with zero attached hydrogens (tertiary/aromatic N) is 1. The van der Waals surface area contributed by atoms with Gasteiger partial charge in [0.1, 0.15) is 5.56 Å². The quantitative estimate of drug-likeness (QED) is 0.857. The van der Waals surface area contributed by atoms with Gasteiger partial charge in [-0.1, -0.05) is 0 Å². The van der Waals surface area contributed by atoms with Crippen molar-refractivity contribution in [2.75, 3.05) is 19.8 Å². The van der Waals surface area contributed by atoms with Gasteiger partial charge in [0.2, 0.25) is 5.76 Å². The number of furan rings is 1. The monoisotopic (exact) mass is 253 g/mol. The van der Waals surface area contributed by atoms with Crippen LogP contribution >= 0.6 is 0 Å². The van der Waals surface area contributed by atoms with Crippen molar-refractivity contribution in [3.8, 4) is 0 Å². The molecule has 1 N–H and O–H groups in total. The fourth-order valence-corrected chi connectivity index (χ4v) is 2.00. The lowest BCUT2D eigenvalue weighted by Crippen LogP contribution is -2.55. The topological polar surface area (TPSA) is 80.0 Å². The number of hydrogen-bond acceptors (Lipinski definition) is 4. The van der Waals surface area contributed by atoms with Gasteiger partial charge in [0.25, 0.3) is 5.91 Å². The summed E-state index contributed by atoms with van der Waals surface area (Å²) in [7, 11) is 0. The van der Waals surface area contributed by atoms with E-state index < -0.39 is 17.4 Å². The molecule has 6 heteroatoms. The van der Waals surface area contributed by atoms with Gasteiger partial charge in [-0.3, -0.25) is 4.79 Å². The van der Waals surface area contributed by atoms with Gasteiger partial charge in [-0.2, -0.15) is 0 Å². The SMILES string of the molecule is CC1(C)COCCN1C(=O)c1occc1C(=O)O. The molecule has 0 aliphatic carbocycles. The Bertz CT molecular complexity index is 477. The van der Waals surface area contributed by atoms with Crippen molar-refractivity contribution < 1.29 is 23.8 Å². The van der Waals surface area contributed by atoms with Crippen LogP contribution in [0.15, 0.2) is 16.7 Å². The van der Waals surface area contributed by atoms with E-state index in [1.165, 1.54) is 12.3 Å². The summed E-state index contributed by atoms with van der Waals surface area (Å²) < 4.78 is 10.3. The van der Waals surface area contributed by atoms with E-state index in [1.807, 2.05) is 13.8 Å². The molecule has 0 saturated carbocycles. The number of morpholine rings is 1. The molecule has 6 nitrogen and oxygen atoms in total. The highest BCUT2D eigenvalue weighted by Crippen LogP contribution is 2.23. The van der Waals surface area contributed by atoms with Gasteiger partial charge in [0, 0.05) is 6.54 Å². The van der Waals surface area contributed by atoms with Crippen molar-refractivity contribution in [1.29, 1.82) is 0 Å². The van der Waals surface area contributed by atoms with Crippen LogP contribution in [0.4, 0.5) is 0 Å². The molecular weight excluding hydrogens is 238 g/mol. The van der Waals surface area contributed by atoms with Crippen molar-refractivity contribution in [3.05, 3.63) is 23.7 Å². The Hall–Kier alpha value is -1.82. The normalized spacial score (nSPS) is 18.7. The fraction of sp³-hybridized carbons (Fsp3) is 0.500. The zero-order chi connectivity index (χ0) is 13.3. The predicted molar refractivity (Wildman–Crippen MR) is 61.6 cm³/mol. The summed E-state index contributed by atoms with van der Waals surface area (Å²) in [4.78, 5) is 24.9. The highest BCUT2D eigenvalue weighted by molar-refractivity contribution is 6.03. The molecule has 0 atom stereocenters. The smallest absolute Gasteiger partial charge is 0.339 e. The molecule has 1 aliphatic heterocycles. The van der Waals surface area contributed by atoms with Crippen LogP contribution < -0.4 is 0 Å². The summed E-state index contributed by atoms with van der Waals surface area (Å²) >= 11 is 0. The number of carbonyl (C=O) groups excluding carboxylic acids is 1. The van der Waals surface area contributed by atoms with Crippen molar-refractivity contribution in [3.63, 3.8) is 0 Å². The van der Waals surface area contributed by atoms with Gasteiger partial charge in [-0.25, -0.2) is 4.79 Å². The molecule has 0 spiro atoms. The molecule has 1 aromatic rings. The van der Waals surface area contributed by atoms with E-state index in [1.54, 1.807) is 4.90 Å². The van der Waals surface area contributed by atoms with E-state index in [-0.39, 0.29) is 11.3 Å². The lowest BCUT2D eigenvalue weighted by atomic mass is 10.0. The highest BCUT2D eigenvalue weighted by Gasteiger charge is 2.37. The molecule has 0 bridgehead atoms. The van der Waals surface area contributed by atoms with Crippen LogP contribution in [0.1, 0.15) is 34.8 Å². The maximum Gasteiger partial charge on any atom is 0.339 e. The summed E-state index contributed by atoms with van der Waals surface area (Å²) in [6, 6.07) is 1.28. The Kier molecular flexibility index (Phi) is 3.13. The number of aromatic carboxylic acids is 1. The molecule has 1 amide bonds. The third-order valence-electron chi connectivity index (χ3n) is 2.98. The van der Waals surface area contributed by atoms with Gasteiger partial charge in [0.15, 0.2) is 0 Å². The minimum atomic E-state index is -1.17. The molecule has 0 radical (unpaired) electrons. The number of carbonyl (C=O) groups is 2. The average molecular weight is 253 g/mol. The van der Waals surface area contributed by atoms with E-state index in [2.05, 4.69) is 0 Å². The summed E-state index contributed by atoms with van der Waals surface area (Å²) in [5.74, 6) is -1.71. The van der Waals surface area contributed by atoms with Crippen LogP contribution in [-0.2, 0) is 4.74 Å². The second-order valence-electron chi connectivity index (χ2n) is 4.79. The number of ether oxygens (including phenoxy) is 1. The summed E-state index contributed by atoms with van der Waals surface area (Å²) in [5, 5.41) is 8.98. The van der Waals surface area contributed by atoms with Crippen LogP contribution in [-0.4, -0.2) is 47.2 Å². The molecule has 1 aromatic heterocycles. The Morgan fingerprint density at radius 1 is 1.44 bits per heavy atom. The molecule has 1 aliphatic rings. The number of rotatable bonds is 2. The first kappa shape index (κ1) is 12.6. The largest absolute Gasteiger partial charge is 0.478 e. The van der Waals surface area contributed by atoms with Gasteiger partial charge >= 0.3 is 5.97 Å². The highest BCUT2D eigenvalue weighted by atomic mass is 16.5. The third kappa shape index (κ3) is 2.11. The van der Waals surface area contributed by atoms with Gasteiger partial charge in [-0.05, 0) is 19.9 Å². The Morgan fingerprint density at radius 2 is 2.17 bits per heavy atom. The molecule has 2 rings (SSSR count). The second kappa shape index (κ2) is 4.45. The summed E-state index contributed by atoms with van der Waals surface area (Å²) in [6.45, 7) is 5.02. The van der Waals surface area contributed by atoms with Crippen molar-refractivity contribution >= 4 is 11.9 Å². The zero-order valence-electron chi connectivity index (χ0n) is 10.3. The molecule has 18 heavy (non-hydrogen) atoms. The molecule has 0 aromatic carbocycles. The first-order chi connectivity index (χ1) is 8.43. The Morgan fingerprint density at radius 3 is 2.78 bits per heavy atom. The lowest BCUT2D eigenvalue weighted by molar-refractivity contribution is -0.0383. The number of carboxylic acid groups (broad SMARTS) is 1. The van der Waals surface area contributed by atoms with E-state index in [0.717, 1.165) is 0 Å². The van der Waals surface area contributed by atoms with E-state index >= 15 is 0 Å². The standard InChI is InChI=1S/C12H15NO5/c1-12(2)7-17-6-4-13(12)10(14)9-8(11(15)16)3-5-18-9/h3,5H,4,6-7H2,1-2H3,(H,15,16). The Balaban J connectivity index is 2.30. The first-order valence-electron chi connectivity index (χ1n) is 5.64. The van der Waals surface area contributed by atoms with Gasteiger partial charge < -0.3 is 19.2 Å². The van der Waals surface area contributed by atoms with E-state index in [0.29, 0.717) is 19.8 Å². The Labute approximate surface area is 104 Å².